The van der Waals surface area contributed by atoms with Crippen molar-refractivity contribution in [1.82, 2.24) is 15.2 Å². The Morgan fingerprint density at radius 2 is 2.05 bits per heavy atom. The van der Waals surface area contributed by atoms with Crippen LogP contribution < -0.4 is 5.32 Å². The first-order valence-corrected chi connectivity index (χ1v) is 9.04. The van der Waals surface area contributed by atoms with Gasteiger partial charge in [-0.3, -0.25) is 9.88 Å². The number of hydrogen-bond donors (Lipinski definition) is 1. The van der Waals surface area contributed by atoms with Crippen LogP contribution in [0.2, 0.25) is 0 Å². The van der Waals surface area contributed by atoms with Crippen LogP contribution in [0.25, 0.3) is 0 Å². The molecule has 0 radical (unpaired) electrons. The Bertz CT molecular complexity index is 464. The minimum atomic E-state index is 0.366. The van der Waals surface area contributed by atoms with Crippen molar-refractivity contribution in [1.29, 1.82) is 0 Å². The normalized spacial score (nSPS) is 23.1. The van der Waals surface area contributed by atoms with E-state index in [-0.39, 0.29) is 0 Å². The fourth-order valence-electron chi connectivity index (χ4n) is 3.57. The van der Waals surface area contributed by atoms with Crippen LogP contribution in [0, 0.1) is 0 Å². The summed E-state index contributed by atoms with van der Waals surface area (Å²) in [4.78, 5) is 7.26. The highest BCUT2D eigenvalue weighted by molar-refractivity contribution is 9.11. The molecule has 3 nitrogen and oxygen atoms in total. The molecule has 1 saturated heterocycles. The van der Waals surface area contributed by atoms with Gasteiger partial charge in [-0.05, 0) is 50.8 Å². The Morgan fingerprint density at radius 1 is 1.25 bits per heavy atom. The largest absolute Gasteiger partial charge is 0.314 e. The van der Waals surface area contributed by atoms with Crippen LogP contribution in [0.4, 0.5) is 0 Å². The van der Waals surface area contributed by atoms with Gasteiger partial charge in [0.15, 0.2) is 0 Å². The predicted octanol–water partition coefficient (Wildman–Crippen LogP) is 3.71. The maximum Gasteiger partial charge on any atom is 0.0686 e. The fraction of sp³-hybridized carbons (Fsp3) is 0.667. The van der Waals surface area contributed by atoms with Gasteiger partial charge in [-0.1, -0.05) is 19.3 Å². The lowest BCUT2D eigenvalue weighted by atomic mass is 9.79. The van der Waals surface area contributed by atoms with Gasteiger partial charge in [0.1, 0.15) is 0 Å². The molecule has 1 saturated carbocycles. The highest BCUT2D eigenvalue weighted by Gasteiger charge is 2.39. The standard InChI is InChI=1S/C15H21Br2N3/c16-12-8-13(17)14(19-9-12)10-20-7-6-18-11-15(20)4-2-1-3-5-15/h8-9,18H,1-7,10-11H2. The third-order valence-electron chi connectivity index (χ3n) is 4.69. The maximum absolute atomic E-state index is 4.59. The number of nitrogens with one attached hydrogen (secondary N) is 1. The van der Waals surface area contributed by atoms with Crippen molar-refractivity contribution in [2.45, 2.75) is 44.2 Å². The van der Waals surface area contributed by atoms with Crippen molar-refractivity contribution in [3.63, 3.8) is 0 Å². The second-order valence-electron chi connectivity index (χ2n) is 5.97. The van der Waals surface area contributed by atoms with Gasteiger partial charge in [0.05, 0.1) is 5.69 Å². The van der Waals surface area contributed by atoms with E-state index in [1.54, 1.807) is 0 Å². The number of hydrogen-bond acceptors (Lipinski definition) is 3. The lowest BCUT2D eigenvalue weighted by molar-refractivity contribution is 0.0198. The van der Waals surface area contributed by atoms with Crippen LogP contribution in [0.5, 0.6) is 0 Å². The molecule has 5 heteroatoms. The minimum absolute atomic E-state index is 0.366. The quantitative estimate of drug-likeness (QED) is 0.816. The molecule has 1 N–H and O–H groups in total. The van der Waals surface area contributed by atoms with Gasteiger partial charge in [0, 0.05) is 46.9 Å². The van der Waals surface area contributed by atoms with Crippen molar-refractivity contribution in [2.24, 2.45) is 0 Å². The number of piperazine rings is 1. The molecule has 1 aliphatic heterocycles. The summed E-state index contributed by atoms with van der Waals surface area (Å²) in [5, 5.41) is 3.60. The lowest BCUT2D eigenvalue weighted by Crippen LogP contribution is -2.61. The molecule has 3 rings (SSSR count). The number of pyridine rings is 1. The molecule has 1 aromatic heterocycles. The zero-order valence-electron chi connectivity index (χ0n) is 11.7. The molecule has 1 aromatic rings. The van der Waals surface area contributed by atoms with Gasteiger partial charge in [-0.2, -0.15) is 0 Å². The van der Waals surface area contributed by atoms with Crippen LogP contribution in [-0.2, 0) is 6.54 Å². The van der Waals surface area contributed by atoms with E-state index in [0.29, 0.717) is 5.54 Å². The molecule has 20 heavy (non-hydrogen) atoms. The summed E-state index contributed by atoms with van der Waals surface area (Å²) in [5.41, 5.74) is 1.52. The van der Waals surface area contributed by atoms with Crippen LogP contribution in [0.1, 0.15) is 37.8 Å². The first kappa shape index (κ1) is 14.9. The average molecular weight is 403 g/mol. The van der Waals surface area contributed by atoms with E-state index >= 15 is 0 Å². The molecule has 0 atom stereocenters. The molecule has 110 valence electrons. The number of nitrogens with zero attached hydrogens (tertiary/aromatic N) is 2. The van der Waals surface area contributed by atoms with Gasteiger partial charge in [-0.15, -0.1) is 0 Å². The van der Waals surface area contributed by atoms with Crippen LogP contribution >= 0.6 is 31.9 Å². The topological polar surface area (TPSA) is 28.2 Å². The van der Waals surface area contributed by atoms with Gasteiger partial charge in [0.2, 0.25) is 0 Å². The molecule has 0 aromatic carbocycles. The van der Waals surface area contributed by atoms with E-state index in [2.05, 4.69) is 53.1 Å². The van der Waals surface area contributed by atoms with Crippen LogP contribution in [-0.4, -0.2) is 35.1 Å². The monoisotopic (exact) mass is 401 g/mol. The third kappa shape index (κ3) is 3.11. The second kappa shape index (κ2) is 6.42. The second-order valence-corrected chi connectivity index (χ2v) is 7.74. The van der Waals surface area contributed by atoms with Gasteiger partial charge in [-0.25, -0.2) is 0 Å². The molecule has 1 spiro atoms. The highest BCUT2D eigenvalue weighted by atomic mass is 79.9. The van der Waals surface area contributed by atoms with Crippen molar-refractivity contribution in [3.8, 4) is 0 Å². The van der Waals surface area contributed by atoms with Crippen LogP contribution in [0.3, 0.4) is 0 Å². The van der Waals surface area contributed by atoms with Crippen molar-refractivity contribution in [3.05, 3.63) is 26.9 Å². The summed E-state index contributed by atoms with van der Waals surface area (Å²) in [6.07, 6.45) is 8.69. The van der Waals surface area contributed by atoms with E-state index in [9.17, 15) is 0 Å². The predicted molar refractivity (Wildman–Crippen MR) is 88.7 cm³/mol. The van der Waals surface area contributed by atoms with Crippen LogP contribution in [0.15, 0.2) is 21.2 Å². The molecular weight excluding hydrogens is 382 g/mol. The minimum Gasteiger partial charge on any atom is -0.314 e. The fourth-order valence-corrected chi connectivity index (χ4v) is 4.69. The summed E-state index contributed by atoms with van der Waals surface area (Å²) >= 11 is 7.13. The Morgan fingerprint density at radius 3 is 2.80 bits per heavy atom. The smallest absolute Gasteiger partial charge is 0.0686 e. The Hall–Kier alpha value is 0.0300. The van der Waals surface area contributed by atoms with Gasteiger partial charge >= 0.3 is 0 Å². The average Bonchev–Trinajstić information content (AvgIpc) is 2.45. The number of halogens is 2. The summed E-state index contributed by atoms with van der Waals surface area (Å²) in [7, 11) is 0. The van der Waals surface area contributed by atoms with Gasteiger partial charge < -0.3 is 5.32 Å². The molecule has 2 fully saturated rings. The molecule has 2 aliphatic rings. The SMILES string of the molecule is Brc1cnc(CN2CCNCC23CCCCC3)c(Br)c1. The van der Waals surface area contributed by atoms with E-state index in [1.165, 1.54) is 32.1 Å². The summed E-state index contributed by atoms with van der Waals surface area (Å²) in [6, 6.07) is 2.10. The molecule has 0 bridgehead atoms. The van der Waals surface area contributed by atoms with Crippen molar-refractivity contribution in [2.75, 3.05) is 19.6 Å². The molecule has 2 heterocycles. The highest BCUT2D eigenvalue weighted by Crippen LogP contribution is 2.36. The van der Waals surface area contributed by atoms with E-state index in [4.69, 9.17) is 0 Å². The van der Waals surface area contributed by atoms with Crippen molar-refractivity contribution >= 4 is 31.9 Å². The summed E-state index contributed by atoms with van der Waals surface area (Å²) < 4.78 is 2.14. The third-order valence-corrected chi connectivity index (χ3v) is 5.81. The van der Waals surface area contributed by atoms with Crippen molar-refractivity contribution < 1.29 is 0 Å². The number of rotatable bonds is 2. The Labute approximate surface area is 137 Å². The van der Waals surface area contributed by atoms with Gasteiger partial charge in [0.25, 0.3) is 0 Å². The zero-order chi connectivity index (χ0) is 14.0. The van der Waals surface area contributed by atoms with E-state index in [0.717, 1.165) is 40.8 Å². The first-order valence-electron chi connectivity index (χ1n) is 7.45. The number of aromatic nitrogens is 1. The Kier molecular flexibility index (Phi) is 4.80. The Balaban J connectivity index is 1.79. The van der Waals surface area contributed by atoms with E-state index in [1.807, 2.05) is 6.20 Å². The maximum atomic E-state index is 4.59. The van der Waals surface area contributed by atoms with E-state index < -0.39 is 0 Å². The zero-order valence-corrected chi connectivity index (χ0v) is 14.8. The lowest BCUT2D eigenvalue weighted by Gasteiger charge is -2.50. The summed E-state index contributed by atoms with van der Waals surface area (Å²) in [5.74, 6) is 0. The molecule has 0 amide bonds. The summed E-state index contributed by atoms with van der Waals surface area (Å²) in [6.45, 7) is 4.32. The molecule has 1 aliphatic carbocycles. The first-order chi connectivity index (χ1) is 9.70. The molecule has 0 unspecified atom stereocenters. The molecular formula is C15H21Br2N3.